The molecule has 1 aliphatic rings. The molecule has 0 aromatic heterocycles. The van der Waals surface area contributed by atoms with Gasteiger partial charge in [-0.25, -0.2) is 13.8 Å². The van der Waals surface area contributed by atoms with Gasteiger partial charge in [-0.3, -0.25) is 0 Å². The summed E-state index contributed by atoms with van der Waals surface area (Å²) in [4.78, 5) is 9.81. The molecule has 0 aliphatic heterocycles. The minimum absolute atomic E-state index is 0.163. The van der Waals surface area contributed by atoms with Crippen LogP contribution in [0.3, 0.4) is 0 Å². The van der Waals surface area contributed by atoms with Gasteiger partial charge in [-0.2, -0.15) is 0 Å². The topological polar surface area (TPSA) is 124 Å². The van der Waals surface area contributed by atoms with Crippen molar-refractivity contribution in [2.24, 2.45) is 5.73 Å². The van der Waals surface area contributed by atoms with Crippen molar-refractivity contribution in [1.82, 2.24) is 15.6 Å². The zero-order valence-electron chi connectivity index (χ0n) is 30.7. The molecule has 0 bridgehead atoms. The summed E-state index contributed by atoms with van der Waals surface area (Å²) in [6.07, 6.45) is 16.9. The van der Waals surface area contributed by atoms with E-state index in [4.69, 9.17) is 16.9 Å². The first-order valence-electron chi connectivity index (χ1n) is 17.1. The number of nitrogens with two attached hydrogens (primary N) is 2. The SMILES string of the molecule is C1=CC(Cc2ccccc2)=CCC1.C=CCNC.CCC(CCC(F)(F)CNC)N(C/C(C=N)=C/N)N(C)c1ccc(N)c(S)c1.CCC=O. The lowest BCUT2D eigenvalue weighted by Crippen LogP contribution is -2.48. The van der Waals surface area contributed by atoms with Crippen molar-refractivity contribution >= 4 is 36.5 Å². The van der Waals surface area contributed by atoms with Crippen molar-refractivity contribution in [3.8, 4) is 0 Å². The minimum atomic E-state index is -2.78. The Labute approximate surface area is 305 Å². The highest BCUT2D eigenvalue weighted by Gasteiger charge is 2.31. The first-order chi connectivity index (χ1) is 24.0. The molecule has 7 N–H and O–H groups in total. The number of carbonyl (C=O) groups is 1. The summed E-state index contributed by atoms with van der Waals surface area (Å²) >= 11 is 4.37. The van der Waals surface area contributed by atoms with E-state index in [1.807, 2.05) is 56.2 Å². The highest BCUT2D eigenvalue weighted by Crippen LogP contribution is 2.28. The third-order valence-electron chi connectivity index (χ3n) is 7.53. The Morgan fingerprint density at radius 1 is 1.14 bits per heavy atom. The Kier molecular flexibility index (Phi) is 25.9. The summed E-state index contributed by atoms with van der Waals surface area (Å²) in [5.41, 5.74) is 16.3. The first-order valence-corrected chi connectivity index (χ1v) is 17.5. The van der Waals surface area contributed by atoms with Gasteiger partial charge in [0.15, 0.2) is 0 Å². The second kappa shape index (κ2) is 28.0. The van der Waals surface area contributed by atoms with E-state index in [-0.39, 0.29) is 19.0 Å². The van der Waals surface area contributed by atoms with Gasteiger partial charge in [0.1, 0.15) is 6.29 Å². The fourth-order valence-corrected chi connectivity index (χ4v) is 4.97. The summed E-state index contributed by atoms with van der Waals surface area (Å²) in [5, 5.41) is 16.8. The van der Waals surface area contributed by atoms with E-state index in [9.17, 15) is 13.6 Å². The molecule has 0 fully saturated rings. The molecule has 0 heterocycles. The zero-order chi connectivity index (χ0) is 37.8. The monoisotopic (exact) mass is 713 g/mol. The van der Waals surface area contributed by atoms with Crippen LogP contribution in [0.5, 0.6) is 0 Å². The number of allylic oxidation sites excluding steroid dienone is 4. The number of nitrogen functional groups attached to an aromatic ring is 1. The smallest absolute Gasteiger partial charge is 0.260 e. The minimum Gasteiger partial charge on any atom is -0.404 e. The average Bonchev–Trinajstić information content (AvgIpc) is 3.12. The lowest BCUT2D eigenvalue weighted by molar-refractivity contribution is -0.107. The summed E-state index contributed by atoms with van der Waals surface area (Å²) in [7, 11) is 5.26. The van der Waals surface area contributed by atoms with Crippen LogP contribution in [0, 0.1) is 5.41 Å². The quantitative estimate of drug-likeness (QED) is 0.0249. The average molecular weight is 714 g/mol. The summed E-state index contributed by atoms with van der Waals surface area (Å²) in [5.74, 6) is -2.78. The normalized spacial score (nSPS) is 12.9. The molecule has 50 heavy (non-hydrogen) atoms. The number of alkyl halides is 2. The van der Waals surface area contributed by atoms with Gasteiger partial charge in [0, 0.05) is 61.4 Å². The molecule has 0 saturated heterocycles. The molecule has 2 aromatic carbocycles. The Hall–Kier alpha value is -3.77. The van der Waals surface area contributed by atoms with Gasteiger partial charge in [0.25, 0.3) is 5.92 Å². The maximum Gasteiger partial charge on any atom is 0.260 e. The molecule has 0 radical (unpaired) electrons. The van der Waals surface area contributed by atoms with Crippen molar-refractivity contribution in [3.05, 3.63) is 102 Å². The second-order valence-corrected chi connectivity index (χ2v) is 12.1. The van der Waals surface area contributed by atoms with E-state index in [2.05, 4.69) is 78.4 Å². The molecule has 1 atom stereocenters. The molecule has 0 saturated carbocycles. The predicted octanol–water partition coefficient (Wildman–Crippen LogP) is 7.61. The number of anilines is 2. The molecule has 2 aromatic rings. The molecular weight excluding hydrogens is 653 g/mol. The zero-order valence-corrected chi connectivity index (χ0v) is 31.6. The fraction of sp³-hybridized carbons (Fsp3) is 0.436. The Morgan fingerprint density at radius 2 is 1.82 bits per heavy atom. The number of thiol groups is 1. The summed E-state index contributed by atoms with van der Waals surface area (Å²) in [6.45, 7) is 8.15. The highest BCUT2D eigenvalue weighted by atomic mass is 32.1. The number of nitrogens with one attached hydrogen (secondary N) is 3. The number of rotatable bonds is 17. The molecule has 11 heteroatoms. The van der Waals surface area contributed by atoms with Crippen molar-refractivity contribution in [3.63, 3.8) is 0 Å². The number of carbonyl (C=O) groups excluding carboxylic acids is 1. The van der Waals surface area contributed by atoms with E-state index >= 15 is 0 Å². The maximum absolute atomic E-state index is 14.0. The van der Waals surface area contributed by atoms with Crippen LogP contribution in [0.15, 0.2) is 102 Å². The number of nitrogens with zero attached hydrogens (tertiary/aromatic N) is 2. The van der Waals surface area contributed by atoms with Gasteiger partial charge < -0.3 is 37.3 Å². The molecule has 278 valence electrons. The van der Waals surface area contributed by atoms with Crippen LogP contribution < -0.4 is 27.1 Å². The van der Waals surface area contributed by atoms with E-state index in [1.54, 1.807) is 6.07 Å². The van der Waals surface area contributed by atoms with Gasteiger partial charge in [0.2, 0.25) is 0 Å². The van der Waals surface area contributed by atoms with E-state index in [1.165, 1.54) is 43.4 Å². The van der Waals surface area contributed by atoms with Crippen LogP contribution >= 0.6 is 12.6 Å². The van der Waals surface area contributed by atoms with Crippen molar-refractivity contribution in [1.29, 1.82) is 5.41 Å². The van der Waals surface area contributed by atoms with Crippen molar-refractivity contribution in [2.45, 2.75) is 75.7 Å². The van der Waals surface area contributed by atoms with Crippen LogP contribution in [-0.4, -0.2) is 70.3 Å². The molecular formula is C39H61F2N7OS. The fourth-order valence-electron chi connectivity index (χ4n) is 4.76. The number of halogens is 2. The lowest BCUT2D eigenvalue weighted by Gasteiger charge is -2.40. The van der Waals surface area contributed by atoms with Crippen LogP contribution in [-0.2, 0) is 11.2 Å². The number of hydrogen-bond donors (Lipinski definition) is 6. The Bertz CT molecular complexity index is 1320. The van der Waals surface area contributed by atoms with Crippen LogP contribution in [0.25, 0.3) is 0 Å². The molecule has 0 spiro atoms. The number of aldehydes is 1. The van der Waals surface area contributed by atoms with Gasteiger partial charge in [-0.15, -0.1) is 19.2 Å². The third kappa shape index (κ3) is 20.0. The maximum atomic E-state index is 14.0. The van der Waals surface area contributed by atoms with Gasteiger partial charge in [-0.1, -0.05) is 68.5 Å². The van der Waals surface area contributed by atoms with Crippen LogP contribution in [0.2, 0.25) is 0 Å². The van der Waals surface area contributed by atoms with E-state index < -0.39 is 5.92 Å². The van der Waals surface area contributed by atoms with Crippen LogP contribution in [0.1, 0.15) is 57.9 Å². The number of hydrazine groups is 1. The summed E-state index contributed by atoms with van der Waals surface area (Å²) < 4.78 is 28.0. The largest absolute Gasteiger partial charge is 0.404 e. The molecule has 1 unspecified atom stereocenters. The lowest BCUT2D eigenvalue weighted by atomic mass is 10.00. The third-order valence-corrected chi connectivity index (χ3v) is 7.91. The van der Waals surface area contributed by atoms with Crippen molar-refractivity contribution in [2.75, 3.05) is 51.5 Å². The molecule has 3 rings (SSSR count). The summed E-state index contributed by atoms with van der Waals surface area (Å²) in [6, 6.07) is 15.9. The Morgan fingerprint density at radius 3 is 2.28 bits per heavy atom. The number of likely N-dealkylation sites (N-methyl/N-ethyl adjacent to an activating group) is 1. The molecule has 1 aliphatic carbocycles. The molecule has 8 nitrogen and oxygen atoms in total. The van der Waals surface area contributed by atoms with Gasteiger partial charge >= 0.3 is 0 Å². The standard InChI is InChI=1S/C19H32F2N6S.C13H14.C4H9N.C3H6O/c1-4-15(7-8-19(20,21)13-25-2)27(12-14(10-22)11-23)26(3)16-5-6-17(24)18(28)9-16;1-3-7-12(8-4-1)11-13-9-5-2-6-10-13;1-3-4-5-2;1-2-3-4/h5-6,9-11,15,22,25,28H,4,7-8,12-13,23-24H2,1-3H3;1,3-5,7-10H,2,6,11H2;3,5H,1,4H2,2H3;3H,2H2,1H3/b14-11+,22-10?;;;. The first kappa shape index (κ1) is 46.2. The molecule has 0 amide bonds. The Balaban J connectivity index is 0.000000885. The number of benzene rings is 2. The highest BCUT2D eigenvalue weighted by molar-refractivity contribution is 7.80. The van der Waals surface area contributed by atoms with Crippen molar-refractivity contribution < 1.29 is 13.6 Å². The number of hydrogen-bond acceptors (Lipinski definition) is 9. The van der Waals surface area contributed by atoms with Gasteiger partial charge in [-0.05, 0) is 81.7 Å². The second-order valence-electron chi connectivity index (χ2n) is 11.6. The van der Waals surface area contributed by atoms with E-state index in [0.717, 1.165) is 24.9 Å². The predicted molar refractivity (Wildman–Crippen MR) is 214 cm³/mol. The van der Waals surface area contributed by atoms with Gasteiger partial charge in [0.05, 0.1) is 12.2 Å². The van der Waals surface area contributed by atoms with E-state index in [0.29, 0.717) is 42.0 Å². The van der Waals surface area contributed by atoms with Crippen LogP contribution in [0.4, 0.5) is 20.2 Å².